The summed E-state index contributed by atoms with van der Waals surface area (Å²) < 4.78 is 31.9. The number of amides is 2. The maximum atomic E-state index is 10.6. The molecule has 2 amide bonds. The van der Waals surface area contributed by atoms with E-state index in [1.807, 2.05) is 0 Å². The van der Waals surface area contributed by atoms with Crippen molar-refractivity contribution < 1.29 is 26.7 Å². The quantitative estimate of drug-likeness (QED) is 0.401. The molecule has 0 unspecified atom stereocenters. The van der Waals surface area contributed by atoms with Crippen LogP contribution in [-0.4, -0.2) is 24.8 Å². The number of rotatable bonds is 2. The second-order valence-corrected chi connectivity index (χ2v) is 2.86. The van der Waals surface area contributed by atoms with E-state index in [1.165, 1.54) is 0 Å². The van der Waals surface area contributed by atoms with Crippen molar-refractivity contribution in [3.05, 3.63) is 11.8 Å². The van der Waals surface area contributed by atoms with Gasteiger partial charge in [0.15, 0.2) is 0 Å². The molecule has 7 nitrogen and oxygen atoms in total. The molecule has 0 fully saturated rings. The van der Waals surface area contributed by atoms with E-state index in [4.69, 9.17) is 4.55 Å². The van der Waals surface area contributed by atoms with E-state index in [9.17, 15) is 18.0 Å². The molecule has 0 saturated carbocycles. The molecule has 0 aromatic rings. The van der Waals surface area contributed by atoms with Crippen molar-refractivity contribution in [2.24, 2.45) is 0 Å². The van der Waals surface area contributed by atoms with Crippen molar-refractivity contribution >= 4 is 22.2 Å². The molecular formula is C4H3NO6S. The van der Waals surface area contributed by atoms with Crippen molar-refractivity contribution in [2.45, 2.75) is 0 Å². The summed E-state index contributed by atoms with van der Waals surface area (Å²) in [4.78, 5) is 20.9. The average Bonchev–Trinajstić information content (AvgIpc) is 2.06. The van der Waals surface area contributed by atoms with E-state index in [2.05, 4.69) is 4.18 Å². The zero-order valence-electron chi connectivity index (χ0n) is 5.47. The molecule has 0 saturated heterocycles. The van der Waals surface area contributed by atoms with Crippen LogP contribution in [0.1, 0.15) is 0 Å². The first kappa shape index (κ1) is 8.68. The van der Waals surface area contributed by atoms with Gasteiger partial charge in [0.05, 0.1) is 6.08 Å². The molecule has 0 spiro atoms. The predicted molar refractivity (Wildman–Crippen MR) is 33.9 cm³/mol. The van der Waals surface area contributed by atoms with Crippen LogP contribution in [0.5, 0.6) is 0 Å². The van der Waals surface area contributed by atoms with Crippen molar-refractivity contribution in [3.63, 3.8) is 0 Å². The molecule has 1 aliphatic heterocycles. The standard InChI is InChI=1S/C4H3NO6S/c6-3-1-2(4(7)5-3)11-12(8,9)10/h1H,(H,5,6,7)(H,8,9,10). The summed E-state index contributed by atoms with van der Waals surface area (Å²) in [5.41, 5.74) is 0. The Morgan fingerprint density at radius 2 is 2.00 bits per heavy atom. The van der Waals surface area contributed by atoms with Crippen LogP contribution in [0.4, 0.5) is 0 Å². The maximum absolute atomic E-state index is 10.6. The van der Waals surface area contributed by atoms with E-state index in [0.717, 1.165) is 0 Å². The second kappa shape index (κ2) is 2.57. The Bertz CT molecular complexity index is 365. The molecule has 8 heteroatoms. The summed E-state index contributed by atoms with van der Waals surface area (Å²) in [7, 11) is -4.75. The Morgan fingerprint density at radius 3 is 2.33 bits per heavy atom. The highest BCUT2D eigenvalue weighted by atomic mass is 32.3. The van der Waals surface area contributed by atoms with Gasteiger partial charge < -0.3 is 4.18 Å². The Morgan fingerprint density at radius 1 is 1.42 bits per heavy atom. The number of nitrogens with one attached hydrogen (secondary N) is 1. The Balaban J connectivity index is 2.85. The summed E-state index contributed by atoms with van der Waals surface area (Å²) >= 11 is 0. The maximum Gasteiger partial charge on any atom is 0.446 e. The van der Waals surface area contributed by atoms with Gasteiger partial charge in [0.2, 0.25) is 5.76 Å². The van der Waals surface area contributed by atoms with E-state index in [0.29, 0.717) is 6.08 Å². The number of carbonyl (C=O) groups excluding carboxylic acids is 2. The third-order valence-electron chi connectivity index (χ3n) is 0.918. The molecule has 1 rings (SSSR count). The molecule has 0 atom stereocenters. The van der Waals surface area contributed by atoms with Crippen LogP contribution in [-0.2, 0) is 24.2 Å². The summed E-state index contributed by atoms with van der Waals surface area (Å²) in [5.74, 6) is -2.54. The first-order valence-corrected chi connectivity index (χ1v) is 3.99. The highest BCUT2D eigenvalue weighted by Crippen LogP contribution is 2.06. The van der Waals surface area contributed by atoms with Gasteiger partial charge in [-0.05, 0) is 0 Å². The Kier molecular flexibility index (Phi) is 1.86. The largest absolute Gasteiger partial charge is 0.446 e. The molecule has 0 bridgehead atoms. The number of carbonyl (C=O) groups is 2. The zero-order valence-corrected chi connectivity index (χ0v) is 6.29. The van der Waals surface area contributed by atoms with Gasteiger partial charge in [-0.1, -0.05) is 0 Å². The van der Waals surface area contributed by atoms with Crippen LogP contribution >= 0.6 is 0 Å². The smallest absolute Gasteiger partial charge is 0.356 e. The lowest BCUT2D eigenvalue weighted by Crippen LogP contribution is -2.23. The predicted octanol–water partition coefficient (Wildman–Crippen LogP) is -1.65. The normalized spacial score (nSPS) is 17.2. The molecule has 0 radical (unpaired) electrons. The molecule has 66 valence electrons. The molecule has 2 N–H and O–H groups in total. The zero-order chi connectivity index (χ0) is 9.35. The van der Waals surface area contributed by atoms with Gasteiger partial charge >= 0.3 is 10.4 Å². The van der Waals surface area contributed by atoms with Gasteiger partial charge in [0, 0.05) is 0 Å². The lowest BCUT2D eigenvalue weighted by Gasteiger charge is -1.97. The minimum atomic E-state index is -4.75. The SMILES string of the molecule is O=C1C=C(OS(=O)(=O)O)C(=O)N1. The van der Waals surface area contributed by atoms with Gasteiger partial charge in [-0.2, -0.15) is 8.42 Å². The van der Waals surface area contributed by atoms with Crippen LogP contribution in [0.3, 0.4) is 0 Å². The summed E-state index contributed by atoms with van der Waals surface area (Å²) in [5, 5.41) is 1.72. The summed E-state index contributed by atoms with van der Waals surface area (Å²) in [6.45, 7) is 0. The fourth-order valence-electron chi connectivity index (χ4n) is 0.570. The fourth-order valence-corrected chi connectivity index (χ4v) is 0.920. The number of hydrogen-bond acceptors (Lipinski definition) is 5. The van der Waals surface area contributed by atoms with E-state index in [1.54, 1.807) is 5.32 Å². The van der Waals surface area contributed by atoms with Crippen LogP contribution in [0.2, 0.25) is 0 Å². The first-order chi connectivity index (χ1) is 5.38. The van der Waals surface area contributed by atoms with Crippen molar-refractivity contribution in [1.82, 2.24) is 5.32 Å². The van der Waals surface area contributed by atoms with Crippen molar-refractivity contribution in [3.8, 4) is 0 Å². The average molecular weight is 193 g/mol. The minimum absolute atomic E-state index is 0.621. The van der Waals surface area contributed by atoms with Crippen LogP contribution in [0.15, 0.2) is 11.8 Å². The summed E-state index contributed by atoms with van der Waals surface area (Å²) in [6, 6.07) is 0. The third-order valence-corrected chi connectivity index (χ3v) is 1.31. The van der Waals surface area contributed by atoms with Crippen molar-refractivity contribution in [2.75, 3.05) is 0 Å². The highest BCUT2D eigenvalue weighted by Gasteiger charge is 2.26. The molecule has 12 heavy (non-hydrogen) atoms. The lowest BCUT2D eigenvalue weighted by atomic mass is 10.5. The van der Waals surface area contributed by atoms with Gasteiger partial charge in [-0.25, -0.2) is 0 Å². The molecule has 0 aromatic heterocycles. The Hall–Kier alpha value is -1.41. The van der Waals surface area contributed by atoms with Gasteiger partial charge in [0.25, 0.3) is 11.8 Å². The van der Waals surface area contributed by atoms with Gasteiger partial charge in [-0.3, -0.25) is 19.5 Å². The first-order valence-electron chi connectivity index (χ1n) is 2.62. The molecule has 1 heterocycles. The van der Waals surface area contributed by atoms with E-state index >= 15 is 0 Å². The monoisotopic (exact) mass is 193 g/mol. The number of hydrogen-bond donors (Lipinski definition) is 2. The molecule has 1 aliphatic rings. The molecule has 0 aliphatic carbocycles. The lowest BCUT2D eigenvalue weighted by molar-refractivity contribution is -0.124. The summed E-state index contributed by atoms with van der Waals surface area (Å²) in [6.07, 6.45) is 0.621. The van der Waals surface area contributed by atoms with E-state index in [-0.39, 0.29) is 0 Å². The molecular weight excluding hydrogens is 190 g/mol. The van der Waals surface area contributed by atoms with Gasteiger partial charge in [-0.15, -0.1) is 0 Å². The second-order valence-electron chi connectivity index (χ2n) is 1.84. The number of imide groups is 1. The van der Waals surface area contributed by atoms with Crippen LogP contribution in [0, 0.1) is 0 Å². The topological polar surface area (TPSA) is 110 Å². The van der Waals surface area contributed by atoms with Crippen LogP contribution in [0.25, 0.3) is 0 Å². The molecule has 0 aromatic carbocycles. The third kappa shape index (κ3) is 2.04. The van der Waals surface area contributed by atoms with Crippen molar-refractivity contribution in [1.29, 1.82) is 0 Å². The fraction of sp³-hybridized carbons (Fsp3) is 0. The Labute approximate surface area is 67.0 Å². The minimum Gasteiger partial charge on any atom is -0.356 e. The van der Waals surface area contributed by atoms with Crippen LogP contribution < -0.4 is 5.32 Å². The van der Waals surface area contributed by atoms with E-state index < -0.39 is 28.0 Å². The van der Waals surface area contributed by atoms with Gasteiger partial charge in [0.1, 0.15) is 0 Å². The highest BCUT2D eigenvalue weighted by molar-refractivity contribution is 7.81.